The first-order valence-electron chi connectivity index (χ1n) is 7.02. The highest BCUT2D eigenvalue weighted by molar-refractivity contribution is 7.80. The van der Waals surface area contributed by atoms with Gasteiger partial charge in [0.15, 0.2) is 0 Å². The topological polar surface area (TPSA) is 58.4 Å². The molecule has 0 radical (unpaired) electrons. The molecule has 0 saturated carbocycles. The molecule has 1 rings (SSSR count). The molecular weight excluding hydrogens is 282 g/mol. The van der Waals surface area contributed by atoms with E-state index >= 15 is 0 Å². The number of thiocarbonyl (C=S) groups is 1. The molecule has 1 atom stereocenters. The lowest BCUT2D eigenvalue weighted by atomic mass is 9.95. The molecular formula is C16H25N3OS. The average molecular weight is 307 g/mol. The summed E-state index contributed by atoms with van der Waals surface area (Å²) < 4.78 is 0. The number of para-hydroxylation sites is 1. The molecule has 3 N–H and O–H groups in total. The summed E-state index contributed by atoms with van der Waals surface area (Å²) in [6.07, 6.45) is 0. The predicted molar refractivity (Wildman–Crippen MR) is 92.5 cm³/mol. The molecule has 0 spiro atoms. The number of nitrogens with zero attached hydrogens (tertiary/aromatic N) is 1. The van der Waals surface area contributed by atoms with Crippen molar-refractivity contribution in [3.63, 3.8) is 0 Å². The molecule has 0 aromatic heterocycles. The van der Waals surface area contributed by atoms with E-state index in [1.165, 1.54) is 0 Å². The summed E-state index contributed by atoms with van der Waals surface area (Å²) in [7, 11) is 1.95. The summed E-state index contributed by atoms with van der Waals surface area (Å²) in [6.45, 7) is 9.17. The molecule has 1 unspecified atom stereocenters. The molecule has 0 bridgehead atoms. The van der Waals surface area contributed by atoms with Crippen molar-refractivity contribution in [2.75, 3.05) is 18.9 Å². The standard InChI is InChI=1S/C16H25N3OS/c1-11(19(5)10-16(2,3)4)15(20)18-13-9-7-6-8-12(13)14(17)21/h6-9,11H,10H2,1-5H3,(H2,17,21)(H,18,20). The van der Waals surface area contributed by atoms with E-state index in [0.29, 0.717) is 11.3 Å². The molecule has 0 aliphatic carbocycles. The Hall–Kier alpha value is -1.46. The van der Waals surface area contributed by atoms with Crippen LogP contribution in [0.2, 0.25) is 0 Å². The zero-order valence-corrected chi connectivity index (χ0v) is 14.3. The molecule has 116 valence electrons. The van der Waals surface area contributed by atoms with Crippen LogP contribution in [0.15, 0.2) is 24.3 Å². The van der Waals surface area contributed by atoms with Crippen molar-refractivity contribution in [3.05, 3.63) is 29.8 Å². The minimum atomic E-state index is -0.233. The molecule has 1 aromatic carbocycles. The number of nitrogens with one attached hydrogen (secondary N) is 1. The molecule has 21 heavy (non-hydrogen) atoms. The highest BCUT2D eigenvalue weighted by Crippen LogP contribution is 2.18. The van der Waals surface area contributed by atoms with E-state index in [9.17, 15) is 4.79 Å². The van der Waals surface area contributed by atoms with Crippen molar-refractivity contribution in [3.8, 4) is 0 Å². The summed E-state index contributed by atoms with van der Waals surface area (Å²) in [5.41, 5.74) is 7.16. The first-order chi connectivity index (χ1) is 9.61. The maximum absolute atomic E-state index is 12.4. The molecule has 0 aliphatic heterocycles. The number of carbonyl (C=O) groups is 1. The van der Waals surface area contributed by atoms with Gasteiger partial charge in [-0.2, -0.15) is 0 Å². The Balaban J connectivity index is 2.80. The van der Waals surface area contributed by atoms with Gasteiger partial charge in [0.05, 0.1) is 11.7 Å². The van der Waals surface area contributed by atoms with Crippen molar-refractivity contribution in [1.82, 2.24) is 4.90 Å². The summed E-state index contributed by atoms with van der Waals surface area (Å²) in [4.78, 5) is 14.7. The quantitative estimate of drug-likeness (QED) is 0.821. The predicted octanol–water partition coefficient (Wildman–Crippen LogP) is 2.63. The second-order valence-electron chi connectivity index (χ2n) is 6.55. The van der Waals surface area contributed by atoms with Crippen LogP contribution in [0.4, 0.5) is 5.69 Å². The van der Waals surface area contributed by atoms with Crippen LogP contribution in [-0.2, 0) is 4.79 Å². The van der Waals surface area contributed by atoms with Gasteiger partial charge in [0.2, 0.25) is 5.91 Å². The van der Waals surface area contributed by atoms with Gasteiger partial charge in [-0.3, -0.25) is 9.69 Å². The highest BCUT2D eigenvalue weighted by Gasteiger charge is 2.23. The van der Waals surface area contributed by atoms with Gasteiger partial charge >= 0.3 is 0 Å². The van der Waals surface area contributed by atoms with E-state index in [4.69, 9.17) is 18.0 Å². The molecule has 0 fully saturated rings. The molecule has 1 aromatic rings. The van der Waals surface area contributed by atoms with Gasteiger partial charge in [0.25, 0.3) is 0 Å². The zero-order valence-electron chi connectivity index (χ0n) is 13.4. The van der Waals surface area contributed by atoms with Gasteiger partial charge in [-0.1, -0.05) is 45.1 Å². The van der Waals surface area contributed by atoms with E-state index in [1.807, 2.05) is 43.1 Å². The number of nitrogens with two attached hydrogens (primary N) is 1. The molecule has 0 heterocycles. The molecule has 0 aliphatic rings. The third kappa shape index (κ3) is 5.44. The minimum absolute atomic E-state index is 0.0644. The maximum atomic E-state index is 12.4. The van der Waals surface area contributed by atoms with Crippen LogP contribution in [-0.4, -0.2) is 35.4 Å². The van der Waals surface area contributed by atoms with Gasteiger partial charge in [0.1, 0.15) is 4.99 Å². The van der Waals surface area contributed by atoms with Crippen molar-refractivity contribution < 1.29 is 4.79 Å². The summed E-state index contributed by atoms with van der Waals surface area (Å²) in [5, 5.41) is 2.91. The van der Waals surface area contributed by atoms with E-state index < -0.39 is 0 Å². The third-order valence-corrected chi connectivity index (χ3v) is 3.43. The van der Waals surface area contributed by atoms with E-state index in [-0.39, 0.29) is 22.4 Å². The lowest BCUT2D eigenvalue weighted by Crippen LogP contribution is -2.43. The van der Waals surface area contributed by atoms with Crippen LogP contribution in [0, 0.1) is 5.41 Å². The van der Waals surface area contributed by atoms with Gasteiger partial charge in [0, 0.05) is 12.1 Å². The number of benzene rings is 1. The smallest absolute Gasteiger partial charge is 0.241 e. The van der Waals surface area contributed by atoms with Crippen molar-refractivity contribution in [2.24, 2.45) is 11.1 Å². The fourth-order valence-corrected chi connectivity index (χ4v) is 2.31. The third-order valence-electron chi connectivity index (χ3n) is 3.21. The molecule has 1 amide bonds. The van der Waals surface area contributed by atoms with Crippen LogP contribution in [0.3, 0.4) is 0 Å². The van der Waals surface area contributed by atoms with Crippen molar-refractivity contribution >= 4 is 28.8 Å². The lowest BCUT2D eigenvalue weighted by molar-refractivity contribution is -0.120. The fraction of sp³-hybridized carbons (Fsp3) is 0.500. The van der Waals surface area contributed by atoms with Gasteiger partial charge in [-0.25, -0.2) is 0 Å². The second kappa shape index (κ2) is 7.00. The normalized spacial score (nSPS) is 13.0. The zero-order chi connectivity index (χ0) is 16.2. The van der Waals surface area contributed by atoms with E-state index in [2.05, 4.69) is 26.1 Å². The number of rotatable bonds is 5. The Bertz CT molecular complexity index is 522. The Morgan fingerprint density at radius 2 is 1.95 bits per heavy atom. The Morgan fingerprint density at radius 3 is 2.48 bits per heavy atom. The number of carbonyl (C=O) groups excluding carboxylic acids is 1. The number of amides is 1. The average Bonchev–Trinajstić information content (AvgIpc) is 2.36. The van der Waals surface area contributed by atoms with Gasteiger partial charge in [-0.05, 0) is 31.5 Å². The van der Waals surface area contributed by atoms with Crippen LogP contribution >= 0.6 is 12.2 Å². The maximum Gasteiger partial charge on any atom is 0.241 e. The molecule has 0 saturated heterocycles. The van der Waals surface area contributed by atoms with Crippen LogP contribution in [0.1, 0.15) is 33.3 Å². The largest absolute Gasteiger partial charge is 0.389 e. The monoisotopic (exact) mass is 307 g/mol. The van der Waals surface area contributed by atoms with Crippen molar-refractivity contribution in [2.45, 2.75) is 33.7 Å². The van der Waals surface area contributed by atoms with Crippen molar-refractivity contribution in [1.29, 1.82) is 0 Å². The van der Waals surface area contributed by atoms with Gasteiger partial charge in [-0.15, -0.1) is 0 Å². The van der Waals surface area contributed by atoms with E-state index in [1.54, 1.807) is 0 Å². The first-order valence-corrected chi connectivity index (χ1v) is 7.42. The van der Waals surface area contributed by atoms with E-state index in [0.717, 1.165) is 6.54 Å². The Kier molecular flexibility index (Phi) is 5.87. The number of anilines is 1. The molecule has 4 nitrogen and oxygen atoms in total. The fourth-order valence-electron chi connectivity index (χ4n) is 2.13. The SMILES string of the molecule is CC(C(=O)Nc1ccccc1C(N)=S)N(C)CC(C)(C)C. The lowest BCUT2D eigenvalue weighted by Gasteiger charge is -2.30. The first kappa shape index (κ1) is 17.6. The van der Waals surface area contributed by atoms with Gasteiger partial charge < -0.3 is 11.1 Å². The van der Waals surface area contributed by atoms with Crippen LogP contribution < -0.4 is 11.1 Å². The Morgan fingerprint density at radius 1 is 1.38 bits per heavy atom. The summed E-state index contributed by atoms with van der Waals surface area (Å²) in [5.74, 6) is -0.0644. The molecule has 5 heteroatoms. The minimum Gasteiger partial charge on any atom is -0.389 e. The van der Waals surface area contributed by atoms with Crippen LogP contribution in [0.5, 0.6) is 0 Å². The summed E-state index contributed by atoms with van der Waals surface area (Å²) in [6, 6.07) is 7.08. The van der Waals surface area contributed by atoms with Crippen LogP contribution in [0.25, 0.3) is 0 Å². The summed E-state index contributed by atoms with van der Waals surface area (Å²) >= 11 is 5.01. The number of likely N-dealkylation sites (N-methyl/N-ethyl adjacent to an activating group) is 1. The highest BCUT2D eigenvalue weighted by atomic mass is 32.1. The number of hydrogen-bond donors (Lipinski definition) is 2. The second-order valence-corrected chi connectivity index (χ2v) is 6.99. The number of hydrogen-bond acceptors (Lipinski definition) is 3. The Labute approximate surface area is 132 Å².